The summed E-state index contributed by atoms with van der Waals surface area (Å²) in [7, 11) is 0. The Morgan fingerprint density at radius 3 is 2.76 bits per heavy atom. The van der Waals surface area contributed by atoms with Crippen LogP contribution in [0.3, 0.4) is 0 Å². The highest BCUT2D eigenvalue weighted by Crippen LogP contribution is 2.21. The number of hydrogen-bond donors (Lipinski definition) is 1. The van der Waals surface area contributed by atoms with Crippen LogP contribution in [0.5, 0.6) is 0 Å². The normalized spacial score (nSPS) is 10.0. The van der Waals surface area contributed by atoms with Gasteiger partial charge in [-0.15, -0.1) is 11.3 Å². The second-order valence-corrected chi connectivity index (χ2v) is 5.70. The van der Waals surface area contributed by atoms with E-state index in [-0.39, 0.29) is 0 Å². The van der Waals surface area contributed by atoms with Gasteiger partial charge in [0.05, 0.1) is 16.8 Å². The van der Waals surface area contributed by atoms with Crippen LogP contribution in [0, 0.1) is 11.3 Å². The summed E-state index contributed by atoms with van der Waals surface area (Å²) in [6.45, 7) is -0.438. The van der Waals surface area contributed by atoms with Gasteiger partial charge in [0.25, 0.3) is 5.91 Å². The number of thiophene rings is 1. The molecule has 2 aromatic heterocycles. The quantitative estimate of drug-likeness (QED) is 0.703. The monoisotopic (exact) mass is 353 g/mol. The van der Waals surface area contributed by atoms with Crippen molar-refractivity contribution in [2.75, 3.05) is 11.9 Å². The van der Waals surface area contributed by atoms with Gasteiger partial charge in [0, 0.05) is 0 Å². The Balaban J connectivity index is 1.55. The first-order chi connectivity index (χ1) is 12.2. The number of esters is 1. The second-order valence-electron chi connectivity index (χ2n) is 4.79. The zero-order chi connectivity index (χ0) is 17.6. The molecule has 1 N–H and O–H groups in total. The van der Waals surface area contributed by atoms with E-state index in [1.54, 1.807) is 40.4 Å². The Morgan fingerprint density at radius 2 is 2.08 bits per heavy atom. The molecule has 0 aliphatic heterocycles. The minimum absolute atomic E-state index is 0.311. The number of amides is 1. The first kappa shape index (κ1) is 16.4. The maximum Gasteiger partial charge on any atom is 0.338 e. The Bertz CT molecular complexity index is 926. The van der Waals surface area contributed by atoms with E-state index < -0.39 is 18.5 Å². The van der Waals surface area contributed by atoms with Crippen LogP contribution in [0.15, 0.2) is 48.4 Å². The van der Waals surface area contributed by atoms with Gasteiger partial charge in [0.2, 0.25) is 0 Å². The highest BCUT2D eigenvalue weighted by molar-refractivity contribution is 7.14. The molecule has 0 spiro atoms. The number of carbonyl (C=O) groups excluding carboxylic acids is 2. The number of benzene rings is 1. The molecular weight excluding hydrogens is 342 g/mol. The van der Waals surface area contributed by atoms with Crippen LogP contribution >= 0.6 is 11.3 Å². The average molecular weight is 353 g/mol. The predicted octanol–water partition coefficient (Wildman–Crippen LogP) is 2.00. The van der Waals surface area contributed by atoms with E-state index in [9.17, 15) is 9.59 Å². The summed E-state index contributed by atoms with van der Waals surface area (Å²) in [6.07, 6.45) is 2.95. The van der Waals surface area contributed by atoms with Crippen LogP contribution in [0.1, 0.15) is 15.9 Å². The highest BCUT2D eigenvalue weighted by atomic mass is 32.1. The molecule has 1 aromatic carbocycles. The first-order valence-corrected chi connectivity index (χ1v) is 7.95. The van der Waals surface area contributed by atoms with Gasteiger partial charge >= 0.3 is 5.97 Å². The molecule has 8 nitrogen and oxygen atoms in total. The third-order valence-corrected chi connectivity index (χ3v) is 3.99. The van der Waals surface area contributed by atoms with Crippen LogP contribution in [-0.4, -0.2) is 33.2 Å². The summed E-state index contributed by atoms with van der Waals surface area (Å²) in [5.41, 5.74) is 1.42. The predicted molar refractivity (Wildman–Crippen MR) is 89.3 cm³/mol. The van der Waals surface area contributed by atoms with Crippen molar-refractivity contribution in [1.29, 1.82) is 5.26 Å². The smallest absolute Gasteiger partial charge is 0.338 e. The molecule has 0 aliphatic carbocycles. The lowest BCUT2D eigenvalue weighted by Gasteiger charge is -2.06. The van der Waals surface area contributed by atoms with Gasteiger partial charge in [-0.3, -0.25) is 4.79 Å². The molecule has 9 heteroatoms. The number of rotatable bonds is 5. The Labute approximate surface area is 146 Å². The zero-order valence-electron chi connectivity index (χ0n) is 12.7. The number of aromatic nitrogens is 3. The zero-order valence-corrected chi connectivity index (χ0v) is 13.6. The molecule has 0 aliphatic rings. The highest BCUT2D eigenvalue weighted by Gasteiger charge is 2.12. The molecule has 1 amide bonds. The Hall–Kier alpha value is -3.51. The minimum atomic E-state index is -0.619. The van der Waals surface area contributed by atoms with Crippen molar-refractivity contribution in [3.63, 3.8) is 0 Å². The fourth-order valence-electron chi connectivity index (χ4n) is 1.96. The van der Waals surface area contributed by atoms with Crippen molar-refractivity contribution < 1.29 is 14.3 Å². The van der Waals surface area contributed by atoms with Crippen molar-refractivity contribution in [2.24, 2.45) is 0 Å². The Morgan fingerprint density at radius 1 is 1.28 bits per heavy atom. The number of nitrogens with one attached hydrogen (secondary N) is 1. The lowest BCUT2D eigenvalue weighted by atomic mass is 10.2. The summed E-state index contributed by atoms with van der Waals surface area (Å²) in [5.74, 6) is -1.13. The largest absolute Gasteiger partial charge is 0.452 e. The van der Waals surface area contributed by atoms with Crippen LogP contribution in [0.4, 0.5) is 5.00 Å². The number of carbonyl (C=O) groups is 2. The molecule has 25 heavy (non-hydrogen) atoms. The molecule has 3 rings (SSSR count). The molecule has 0 radical (unpaired) electrons. The van der Waals surface area contributed by atoms with Crippen molar-refractivity contribution >= 4 is 28.2 Å². The number of nitriles is 1. The first-order valence-electron chi connectivity index (χ1n) is 7.07. The molecule has 124 valence electrons. The number of nitrogens with zero attached hydrogens (tertiary/aromatic N) is 4. The average Bonchev–Trinajstić information content (AvgIpc) is 3.31. The van der Waals surface area contributed by atoms with Crippen molar-refractivity contribution in [1.82, 2.24) is 14.8 Å². The second kappa shape index (κ2) is 7.37. The molecule has 3 aromatic rings. The lowest BCUT2D eigenvalue weighted by molar-refractivity contribution is -0.119. The van der Waals surface area contributed by atoms with Crippen LogP contribution in [0.25, 0.3) is 5.69 Å². The molecule has 0 fully saturated rings. The summed E-state index contributed by atoms with van der Waals surface area (Å²) in [6, 6.07) is 10.1. The third-order valence-electron chi connectivity index (χ3n) is 3.16. The maximum atomic E-state index is 12.0. The summed E-state index contributed by atoms with van der Waals surface area (Å²) >= 11 is 1.23. The number of hydrogen-bond acceptors (Lipinski definition) is 7. The maximum absolute atomic E-state index is 12.0. The van der Waals surface area contributed by atoms with Crippen molar-refractivity contribution in [3.8, 4) is 11.8 Å². The molecular formula is C16H11N5O3S. The van der Waals surface area contributed by atoms with Crippen molar-refractivity contribution in [2.45, 2.75) is 0 Å². The van der Waals surface area contributed by atoms with Crippen molar-refractivity contribution in [3.05, 3.63) is 59.5 Å². The molecule has 2 heterocycles. The van der Waals surface area contributed by atoms with Crippen LogP contribution in [0.2, 0.25) is 0 Å². The van der Waals surface area contributed by atoms with Gasteiger partial charge < -0.3 is 10.1 Å². The van der Waals surface area contributed by atoms with E-state index in [4.69, 9.17) is 10.00 Å². The van der Waals surface area contributed by atoms with E-state index in [1.807, 2.05) is 6.07 Å². The third kappa shape index (κ3) is 3.88. The van der Waals surface area contributed by atoms with Gasteiger partial charge in [0.15, 0.2) is 6.61 Å². The van der Waals surface area contributed by atoms with Gasteiger partial charge in [-0.05, 0) is 35.7 Å². The topological polar surface area (TPSA) is 110 Å². The van der Waals surface area contributed by atoms with E-state index in [0.29, 0.717) is 16.1 Å². The van der Waals surface area contributed by atoms with E-state index in [2.05, 4.69) is 15.4 Å². The van der Waals surface area contributed by atoms with Gasteiger partial charge in [-0.2, -0.15) is 10.4 Å². The molecule has 0 saturated carbocycles. The van der Waals surface area contributed by atoms with E-state index >= 15 is 0 Å². The van der Waals surface area contributed by atoms with Gasteiger partial charge in [-0.1, -0.05) is 0 Å². The summed E-state index contributed by atoms with van der Waals surface area (Å²) in [4.78, 5) is 27.6. The van der Waals surface area contributed by atoms with Gasteiger partial charge in [0.1, 0.15) is 23.7 Å². The summed E-state index contributed by atoms with van der Waals surface area (Å²) < 4.78 is 6.53. The van der Waals surface area contributed by atoms with Crippen LogP contribution < -0.4 is 5.32 Å². The fourth-order valence-corrected chi connectivity index (χ4v) is 2.72. The standard InChI is InChI=1S/C16H11N5O3S/c17-7-12-5-6-25-15(12)20-14(22)8-24-16(23)11-1-3-13(4-2-11)21-10-18-9-19-21/h1-6,9-10H,8H2,(H,20,22). The van der Waals surface area contributed by atoms with Crippen LogP contribution in [-0.2, 0) is 9.53 Å². The van der Waals surface area contributed by atoms with Gasteiger partial charge in [-0.25, -0.2) is 14.5 Å². The SMILES string of the molecule is N#Cc1ccsc1NC(=O)COC(=O)c1ccc(-n2cncn2)cc1. The summed E-state index contributed by atoms with van der Waals surface area (Å²) in [5, 5.41) is 17.5. The number of ether oxygens (including phenoxy) is 1. The Kier molecular flexibility index (Phi) is 4.82. The van der Waals surface area contributed by atoms with E-state index in [0.717, 1.165) is 5.69 Å². The molecule has 0 bridgehead atoms. The minimum Gasteiger partial charge on any atom is -0.452 e. The fraction of sp³-hybridized carbons (Fsp3) is 0.0625. The molecule has 0 atom stereocenters. The number of anilines is 1. The molecule has 0 unspecified atom stereocenters. The lowest BCUT2D eigenvalue weighted by Crippen LogP contribution is -2.20. The van der Waals surface area contributed by atoms with E-state index in [1.165, 1.54) is 24.0 Å². The molecule has 0 saturated heterocycles.